The number of aromatic nitrogens is 2. The minimum absolute atomic E-state index is 0.00492. The van der Waals surface area contributed by atoms with Crippen LogP contribution in [0.1, 0.15) is 38.6 Å². The number of aryl methyl sites for hydroxylation is 1. The van der Waals surface area contributed by atoms with E-state index < -0.39 is 9.84 Å². The Hall–Kier alpha value is -2.15. The monoisotopic (exact) mass is 374 g/mol. The van der Waals surface area contributed by atoms with Crippen LogP contribution in [0.4, 0.5) is 17.3 Å². The Morgan fingerprint density at radius 1 is 1.12 bits per heavy atom. The molecule has 6 nitrogen and oxygen atoms in total. The van der Waals surface area contributed by atoms with Gasteiger partial charge in [-0.15, -0.1) is 0 Å². The van der Waals surface area contributed by atoms with E-state index in [0.717, 1.165) is 5.69 Å². The molecular formula is C19H26N4O2S. The Morgan fingerprint density at radius 2 is 1.81 bits per heavy atom. The van der Waals surface area contributed by atoms with Crippen molar-refractivity contribution < 1.29 is 8.42 Å². The van der Waals surface area contributed by atoms with Crippen LogP contribution in [-0.2, 0) is 15.3 Å². The molecule has 26 heavy (non-hydrogen) atoms. The van der Waals surface area contributed by atoms with Crippen LogP contribution < -0.4 is 10.6 Å². The highest BCUT2D eigenvalue weighted by molar-refractivity contribution is 7.91. The van der Waals surface area contributed by atoms with Gasteiger partial charge in [-0.05, 0) is 30.4 Å². The van der Waals surface area contributed by atoms with Crippen LogP contribution in [-0.4, -0.2) is 35.9 Å². The number of benzene rings is 1. The molecule has 1 aliphatic rings. The number of anilines is 3. The minimum Gasteiger partial charge on any atom is -0.366 e. The summed E-state index contributed by atoms with van der Waals surface area (Å²) >= 11 is 0. The third kappa shape index (κ3) is 4.52. The van der Waals surface area contributed by atoms with E-state index in [1.807, 2.05) is 31.2 Å². The second-order valence-corrected chi connectivity index (χ2v) is 10.1. The first-order valence-electron chi connectivity index (χ1n) is 8.81. The SMILES string of the molecule is Cc1nc(Nc2ccccc2C(C)(C)C)cc(NC2CCS(=O)(=O)C2)n1. The predicted octanol–water partition coefficient (Wildman–Crippen LogP) is 3.43. The molecule has 140 valence electrons. The molecule has 0 saturated carbocycles. The molecule has 1 unspecified atom stereocenters. The van der Waals surface area contributed by atoms with Crippen LogP contribution in [0.5, 0.6) is 0 Å². The Morgan fingerprint density at radius 3 is 2.46 bits per heavy atom. The summed E-state index contributed by atoms with van der Waals surface area (Å²) in [5.41, 5.74) is 2.21. The smallest absolute Gasteiger partial charge is 0.152 e. The van der Waals surface area contributed by atoms with Gasteiger partial charge in [-0.2, -0.15) is 0 Å². The summed E-state index contributed by atoms with van der Waals surface area (Å²) in [6.07, 6.45) is 0.612. The van der Waals surface area contributed by atoms with Crippen LogP contribution in [0.15, 0.2) is 30.3 Å². The van der Waals surface area contributed by atoms with Gasteiger partial charge < -0.3 is 10.6 Å². The molecule has 1 aliphatic heterocycles. The number of sulfone groups is 1. The first-order chi connectivity index (χ1) is 12.1. The number of para-hydroxylation sites is 1. The van der Waals surface area contributed by atoms with Gasteiger partial charge in [0.1, 0.15) is 17.5 Å². The van der Waals surface area contributed by atoms with Crippen LogP contribution in [0.25, 0.3) is 0 Å². The summed E-state index contributed by atoms with van der Waals surface area (Å²) < 4.78 is 23.3. The lowest BCUT2D eigenvalue weighted by Crippen LogP contribution is -2.21. The van der Waals surface area contributed by atoms with E-state index in [4.69, 9.17) is 0 Å². The van der Waals surface area contributed by atoms with Gasteiger partial charge in [0, 0.05) is 17.8 Å². The second-order valence-electron chi connectivity index (χ2n) is 7.85. The summed E-state index contributed by atoms with van der Waals surface area (Å²) in [5.74, 6) is 2.37. The van der Waals surface area contributed by atoms with E-state index >= 15 is 0 Å². The number of hydrogen-bond acceptors (Lipinski definition) is 6. The molecule has 0 radical (unpaired) electrons. The van der Waals surface area contributed by atoms with Gasteiger partial charge in [0.05, 0.1) is 11.5 Å². The molecule has 3 rings (SSSR count). The first-order valence-corrected chi connectivity index (χ1v) is 10.6. The molecule has 1 atom stereocenters. The quantitative estimate of drug-likeness (QED) is 0.853. The fraction of sp³-hybridized carbons (Fsp3) is 0.474. The van der Waals surface area contributed by atoms with Crippen molar-refractivity contribution in [3.8, 4) is 0 Å². The minimum atomic E-state index is -2.93. The Kier molecular flexibility index (Phi) is 4.92. The molecule has 7 heteroatoms. The summed E-state index contributed by atoms with van der Waals surface area (Å²) in [6, 6.07) is 9.91. The number of nitrogens with one attached hydrogen (secondary N) is 2. The van der Waals surface area contributed by atoms with Crippen LogP contribution in [0.2, 0.25) is 0 Å². The van der Waals surface area contributed by atoms with Gasteiger partial charge in [-0.25, -0.2) is 18.4 Å². The van der Waals surface area contributed by atoms with Gasteiger partial charge in [0.25, 0.3) is 0 Å². The van der Waals surface area contributed by atoms with Crippen molar-refractivity contribution in [2.75, 3.05) is 22.1 Å². The molecule has 2 aromatic rings. The zero-order valence-corrected chi connectivity index (χ0v) is 16.5. The molecule has 0 amide bonds. The molecule has 0 bridgehead atoms. The van der Waals surface area contributed by atoms with E-state index in [2.05, 4.69) is 47.4 Å². The van der Waals surface area contributed by atoms with Crippen LogP contribution in [0.3, 0.4) is 0 Å². The van der Waals surface area contributed by atoms with Crippen molar-refractivity contribution in [3.05, 3.63) is 41.7 Å². The van der Waals surface area contributed by atoms with E-state index in [9.17, 15) is 8.42 Å². The van der Waals surface area contributed by atoms with Crippen molar-refractivity contribution in [2.24, 2.45) is 0 Å². The maximum atomic E-state index is 11.7. The first kappa shape index (κ1) is 18.6. The second kappa shape index (κ2) is 6.87. The zero-order valence-electron chi connectivity index (χ0n) is 15.7. The molecule has 2 heterocycles. The zero-order chi connectivity index (χ0) is 18.9. The standard InChI is InChI=1S/C19H26N4O2S/c1-13-20-17(22-14-9-10-26(24,25)12-14)11-18(21-13)23-16-8-6-5-7-15(16)19(2,3)4/h5-8,11,14H,9-10,12H2,1-4H3,(H2,20,21,22,23). The van der Waals surface area contributed by atoms with Gasteiger partial charge in [0.15, 0.2) is 9.84 Å². The highest BCUT2D eigenvalue weighted by Crippen LogP contribution is 2.31. The molecule has 1 aromatic carbocycles. The maximum Gasteiger partial charge on any atom is 0.152 e. The third-order valence-electron chi connectivity index (χ3n) is 4.42. The highest BCUT2D eigenvalue weighted by Gasteiger charge is 2.28. The van der Waals surface area contributed by atoms with E-state index in [1.165, 1.54) is 5.56 Å². The van der Waals surface area contributed by atoms with Crippen LogP contribution >= 0.6 is 0 Å². The molecular weight excluding hydrogens is 348 g/mol. The van der Waals surface area contributed by atoms with Gasteiger partial charge in [-0.3, -0.25) is 0 Å². The van der Waals surface area contributed by atoms with Crippen molar-refractivity contribution >= 4 is 27.2 Å². The molecule has 0 aliphatic carbocycles. The van der Waals surface area contributed by atoms with Crippen molar-refractivity contribution in [1.29, 1.82) is 0 Å². The predicted molar refractivity (Wildman–Crippen MR) is 106 cm³/mol. The van der Waals surface area contributed by atoms with Crippen molar-refractivity contribution in [2.45, 2.75) is 45.6 Å². The van der Waals surface area contributed by atoms with Crippen molar-refractivity contribution in [1.82, 2.24) is 9.97 Å². The van der Waals surface area contributed by atoms with Crippen molar-refractivity contribution in [3.63, 3.8) is 0 Å². The maximum absolute atomic E-state index is 11.7. The molecule has 1 fully saturated rings. The Bertz CT molecular complexity index is 904. The summed E-state index contributed by atoms with van der Waals surface area (Å²) in [7, 11) is -2.93. The van der Waals surface area contributed by atoms with E-state index in [0.29, 0.717) is 23.9 Å². The number of nitrogens with zero attached hydrogens (tertiary/aromatic N) is 2. The largest absolute Gasteiger partial charge is 0.366 e. The summed E-state index contributed by atoms with van der Waals surface area (Å²) in [6.45, 7) is 8.35. The van der Waals surface area contributed by atoms with E-state index in [-0.39, 0.29) is 23.0 Å². The lowest BCUT2D eigenvalue weighted by Gasteiger charge is -2.23. The van der Waals surface area contributed by atoms with E-state index in [1.54, 1.807) is 0 Å². The fourth-order valence-electron chi connectivity index (χ4n) is 3.21. The lowest BCUT2D eigenvalue weighted by atomic mass is 9.86. The normalized spacial score (nSPS) is 19.3. The van der Waals surface area contributed by atoms with Gasteiger partial charge in [0.2, 0.25) is 0 Å². The summed E-state index contributed by atoms with van der Waals surface area (Å²) in [5, 5.41) is 6.63. The van der Waals surface area contributed by atoms with Gasteiger partial charge >= 0.3 is 0 Å². The Labute approximate surface area is 155 Å². The number of rotatable bonds is 4. The van der Waals surface area contributed by atoms with Gasteiger partial charge in [-0.1, -0.05) is 39.0 Å². The fourth-order valence-corrected chi connectivity index (χ4v) is 4.88. The number of hydrogen-bond donors (Lipinski definition) is 2. The molecule has 0 spiro atoms. The third-order valence-corrected chi connectivity index (χ3v) is 6.19. The average molecular weight is 375 g/mol. The molecule has 1 aromatic heterocycles. The topological polar surface area (TPSA) is 84.0 Å². The highest BCUT2D eigenvalue weighted by atomic mass is 32.2. The van der Waals surface area contributed by atoms with Crippen LogP contribution in [0, 0.1) is 6.92 Å². The molecule has 1 saturated heterocycles. The Balaban J connectivity index is 1.83. The summed E-state index contributed by atoms with van der Waals surface area (Å²) in [4.78, 5) is 8.88. The lowest BCUT2D eigenvalue weighted by molar-refractivity contribution is 0.592. The molecule has 2 N–H and O–H groups in total. The average Bonchev–Trinajstić information content (AvgIpc) is 2.85.